The van der Waals surface area contributed by atoms with Crippen LogP contribution in [0, 0.1) is 50.2 Å². The Hall–Kier alpha value is -3.57. The molecule has 0 spiro atoms. The average molecular weight is 1160 g/mol. The van der Waals surface area contributed by atoms with Gasteiger partial charge in [0.2, 0.25) is 0 Å². The standard InChI is InChI=1S/C59H86O23/c1-10-26(2)49(73)81-46-47(82-50(74)27-14-12-11-13-15-27)59(25-62)29(22-54(46,3)4)28-16-17-33-56(7)20-19-34(55(5,6)32(56)18-21-57(33,8)58(28,9)44(69)45(59)70)77-53-43(80-52-39(67)37(65)35(63)30(23-60)75-52)41(40(68)42(79-53)48(71)72)78-51-38(66)36(64)31(24-61)76-51/h10-16,29-47,51-53,60-70H,17-25H2,1-9H3,(H,71,72)/b26-10-/t29?,30?,31-,32?,33?,34+,35+,36+,37+,38?,39?,40-,41+,42?,43?,44+,45-,46+,47+,51+,52+,53-,56+,57-,58+,59+/m1/s1. The van der Waals surface area contributed by atoms with Crippen molar-refractivity contribution in [3.63, 3.8) is 0 Å². The number of ether oxygens (including phenoxy) is 8. The number of allylic oxidation sites excluding steroid dienone is 2. The van der Waals surface area contributed by atoms with E-state index in [0.29, 0.717) is 37.7 Å². The summed E-state index contributed by atoms with van der Waals surface area (Å²) in [5, 5.41) is 134. The van der Waals surface area contributed by atoms with Gasteiger partial charge in [0.15, 0.2) is 31.1 Å². The lowest BCUT2D eigenvalue weighted by atomic mass is 9.32. The zero-order chi connectivity index (χ0) is 60.1. The van der Waals surface area contributed by atoms with Crippen LogP contribution in [-0.4, -0.2) is 216 Å². The number of hydrogen-bond donors (Lipinski definition) is 12. The number of carboxylic acids is 1. The minimum Gasteiger partial charge on any atom is -0.479 e. The molecule has 460 valence electrons. The lowest BCUT2D eigenvalue weighted by Gasteiger charge is -2.73. The number of aliphatic carboxylic acids is 1. The summed E-state index contributed by atoms with van der Waals surface area (Å²) >= 11 is 0. The summed E-state index contributed by atoms with van der Waals surface area (Å²) in [4.78, 5) is 40.8. The fourth-order valence-electron chi connectivity index (χ4n) is 16.7. The van der Waals surface area contributed by atoms with E-state index in [4.69, 9.17) is 37.9 Å². The number of rotatable bonds is 14. The zero-order valence-electron chi connectivity index (χ0n) is 48.0. The first kappa shape index (κ1) is 62.9. The molecule has 0 aromatic heterocycles. The Kier molecular flexibility index (Phi) is 17.6. The number of hydrogen-bond acceptors (Lipinski definition) is 22. The SMILES string of the molecule is C/C=C(/C)C(=O)O[C@H]1[C@H](OC(=O)c2ccccc2)[C@@]2(CO)C(CC1(C)C)C1=CCC3[C@@]4(C)CC[C@H](O[C@@H]5OC(C(=O)O)[C@H](O)[C@H](O[C@@H]6O[C@H](CO)[C@H](O)C6O)C5O[C@@H]5OC(CO)[C@H](O)[C@H](O)C5O)C(C)(C)C4CC[C@@]3(C)[C@]1(C)[C@@H](O)[C@H]2O. The zero-order valence-corrected chi connectivity index (χ0v) is 48.0. The number of benzene rings is 1. The van der Waals surface area contributed by atoms with E-state index in [-0.39, 0.29) is 23.8 Å². The molecule has 0 radical (unpaired) electrons. The van der Waals surface area contributed by atoms with Gasteiger partial charge in [-0.05, 0) is 98.5 Å². The van der Waals surface area contributed by atoms with Gasteiger partial charge in [-0.3, -0.25) is 0 Å². The van der Waals surface area contributed by atoms with Gasteiger partial charge in [0.1, 0.15) is 67.1 Å². The van der Waals surface area contributed by atoms with Crippen molar-refractivity contribution in [1.29, 1.82) is 0 Å². The highest BCUT2D eigenvalue weighted by molar-refractivity contribution is 5.90. The maximum atomic E-state index is 14.2. The molecule has 82 heavy (non-hydrogen) atoms. The Morgan fingerprint density at radius 2 is 1.27 bits per heavy atom. The van der Waals surface area contributed by atoms with E-state index < -0.39 is 193 Å². The smallest absolute Gasteiger partial charge is 0.338 e. The van der Waals surface area contributed by atoms with Crippen LogP contribution in [0.25, 0.3) is 0 Å². The van der Waals surface area contributed by atoms with Crippen LogP contribution in [0.15, 0.2) is 53.6 Å². The second-order valence-electron chi connectivity index (χ2n) is 26.4. The van der Waals surface area contributed by atoms with Crippen molar-refractivity contribution < 1.29 is 114 Å². The van der Waals surface area contributed by atoms with E-state index in [0.717, 1.165) is 5.57 Å². The Labute approximate surface area is 476 Å². The molecular weight excluding hydrogens is 1080 g/mol. The largest absolute Gasteiger partial charge is 0.479 e. The Bertz CT molecular complexity index is 2560. The van der Waals surface area contributed by atoms with Crippen LogP contribution in [0.4, 0.5) is 0 Å². The molecule has 1 aromatic rings. The molecule has 5 aliphatic carbocycles. The number of carbonyl (C=O) groups is 3. The van der Waals surface area contributed by atoms with E-state index in [1.165, 1.54) is 0 Å². The molecule has 0 bridgehead atoms. The van der Waals surface area contributed by atoms with E-state index in [2.05, 4.69) is 19.9 Å². The van der Waals surface area contributed by atoms with Crippen LogP contribution in [0.3, 0.4) is 0 Å². The third-order valence-corrected chi connectivity index (χ3v) is 21.6. The number of esters is 2. The summed E-state index contributed by atoms with van der Waals surface area (Å²) in [6.45, 7) is 15.1. The normalized spacial score (nSPS) is 47.9. The second kappa shape index (κ2) is 22.9. The molecule has 12 N–H and O–H groups in total. The highest BCUT2D eigenvalue weighted by Crippen LogP contribution is 2.76. The molecule has 0 amide bonds. The quantitative estimate of drug-likeness (QED) is 0.0525. The highest BCUT2D eigenvalue weighted by atomic mass is 16.8. The van der Waals surface area contributed by atoms with E-state index >= 15 is 0 Å². The van der Waals surface area contributed by atoms with Gasteiger partial charge in [0.25, 0.3) is 0 Å². The predicted molar refractivity (Wildman–Crippen MR) is 283 cm³/mol. The van der Waals surface area contributed by atoms with Crippen molar-refractivity contribution in [2.24, 2.45) is 50.2 Å². The molecule has 8 aliphatic rings. The predicted octanol–water partition coefficient (Wildman–Crippen LogP) is 0.610. The van der Waals surface area contributed by atoms with Gasteiger partial charge in [-0.2, -0.15) is 0 Å². The maximum absolute atomic E-state index is 14.2. The Morgan fingerprint density at radius 1 is 0.671 bits per heavy atom. The molecule has 3 heterocycles. The van der Waals surface area contributed by atoms with Gasteiger partial charge in [-0.25, -0.2) is 14.4 Å². The first-order valence-corrected chi connectivity index (χ1v) is 28.7. The van der Waals surface area contributed by atoms with Crippen molar-refractivity contribution in [2.75, 3.05) is 19.8 Å². The van der Waals surface area contributed by atoms with Crippen molar-refractivity contribution in [3.8, 4) is 0 Å². The van der Waals surface area contributed by atoms with Gasteiger partial charge in [0.05, 0.1) is 49.1 Å². The van der Waals surface area contributed by atoms with Crippen LogP contribution >= 0.6 is 0 Å². The van der Waals surface area contributed by atoms with E-state index in [1.54, 1.807) is 50.3 Å². The number of fused-ring (bicyclic) bond motifs is 7. The second-order valence-corrected chi connectivity index (χ2v) is 26.4. The molecule has 26 atom stereocenters. The van der Waals surface area contributed by atoms with Crippen LogP contribution in [0.1, 0.15) is 111 Å². The van der Waals surface area contributed by atoms with Gasteiger partial charge < -0.3 is 99.2 Å². The first-order chi connectivity index (χ1) is 38.5. The fraction of sp³-hybridized carbons (Fsp3) is 0.780. The summed E-state index contributed by atoms with van der Waals surface area (Å²) in [7, 11) is 0. The third-order valence-electron chi connectivity index (χ3n) is 21.6. The van der Waals surface area contributed by atoms with Crippen molar-refractivity contribution in [1.82, 2.24) is 0 Å². The summed E-state index contributed by atoms with van der Waals surface area (Å²) in [6, 6.07) is 8.24. The summed E-state index contributed by atoms with van der Waals surface area (Å²) in [5.41, 5.74) is -4.56. The molecule has 8 unspecified atom stereocenters. The number of aliphatic hydroxyl groups excluding tert-OH is 11. The van der Waals surface area contributed by atoms with Crippen molar-refractivity contribution >= 4 is 17.9 Å². The Balaban J connectivity index is 1.05. The van der Waals surface area contributed by atoms with E-state index in [1.807, 2.05) is 34.6 Å². The molecule has 23 nitrogen and oxygen atoms in total. The van der Waals surface area contributed by atoms with Gasteiger partial charge in [0, 0.05) is 16.4 Å². The highest BCUT2D eigenvalue weighted by Gasteiger charge is 2.76. The van der Waals surface area contributed by atoms with Crippen LogP contribution in [-0.2, 0) is 47.5 Å². The fourth-order valence-corrected chi connectivity index (χ4v) is 16.7. The third kappa shape index (κ3) is 9.82. The average Bonchev–Trinajstić information content (AvgIpc) is 1.95. The maximum Gasteiger partial charge on any atom is 0.338 e. The first-order valence-electron chi connectivity index (χ1n) is 28.7. The van der Waals surface area contributed by atoms with Crippen molar-refractivity contribution in [3.05, 3.63) is 59.2 Å². The number of aliphatic hydroxyl groups is 11. The summed E-state index contributed by atoms with van der Waals surface area (Å²) in [5.74, 6) is -4.09. The monoisotopic (exact) mass is 1160 g/mol. The summed E-state index contributed by atoms with van der Waals surface area (Å²) < 4.78 is 49.2. The lowest BCUT2D eigenvalue weighted by molar-refractivity contribution is -0.386. The molecule has 9 rings (SSSR count). The summed E-state index contributed by atoms with van der Waals surface area (Å²) in [6.07, 6.45) is -25.7. The molecule has 1 aromatic carbocycles. The Morgan fingerprint density at radius 3 is 1.85 bits per heavy atom. The molecule has 3 aliphatic heterocycles. The van der Waals surface area contributed by atoms with E-state index in [9.17, 15) is 75.7 Å². The molecular formula is C59H86O23. The lowest BCUT2D eigenvalue weighted by Crippen LogP contribution is -2.76. The van der Waals surface area contributed by atoms with Crippen LogP contribution in [0.2, 0.25) is 0 Å². The van der Waals surface area contributed by atoms with Gasteiger partial charge in [-0.1, -0.05) is 84.4 Å². The molecule has 4 saturated carbocycles. The van der Waals surface area contributed by atoms with Crippen LogP contribution in [0.5, 0.6) is 0 Å². The minimum absolute atomic E-state index is 0.162. The van der Waals surface area contributed by atoms with Crippen molar-refractivity contribution in [2.45, 2.75) is 217 Å². The molecule has 3 saturated heterocycles. The molecule has 7 fully saturated rings. The number of carboxylic acid groups (broad SMARTS) is 1. The van der Waals surface area contributed by atoms with Gasteiger partial charge in [-0.15, -0.1) is 0 Å². The number of carbonyl (C=O) groups excluding carboxylic acids is 2. The topological polar surface area (TPSA) is 368 Å². The van der Waals surface area contributed by atoms with Gasteiger partial charge >= 0.3 is 17.9 Å². The minimum atomic E-state index is -2.13. The molecule has 23 heteroatoms. The van der Waals surface area contributed by atoms with Crippen LogP contribution < -0.4 is 0 Å².